The summed E-state index contributed by atoms with van der Waals surface area (Å²) in [5.74, 6) is -3.03. The predicted molar refractivity (Wildman–Crippen MR) is 118 cm³/mol. The molecular formula is C24H26F3N5O. The van der Waals surface area contributed by atoms with Gasteiger partial charge in [-0.15, -0.1) is 0 Å². The molecule has 0 bridgehead atoms. The Morgan fingerprint density at radius 2 is 1.94 bits per heavy atom. The number of Topliss-reactive ketones (excluding diaryl/α,β-unsaturated/α-hetero) is 1. The van der Waals surface area contributed by atoms with Gasteiger partial charge in [0.1, 0.15) is 12.5 Å². The Morgan fingerprint density at radius 3 is 2.73 bits per heavy atom. The Morgan fingerprint density at radius 1 is 1.12 bits per heavy atom. The molecule has 33 heavy (non-hydrogen) atoms. The first kappa shape index (κ1) is 22.0. The van der Waals surface area contributed by atoms with E-state index >= 15 is 0 Å². The van der Waals surface area contributed by atoms with E-state index in [9.17, 15) is 18.0 Å². The van der Waals surface area contributed by atoms with Crippen molar-refractivity contribution in [2.75, 3.05) is 19.8 Å². The largest absolute Gasteiger partial charge is 0.299 e. The molecule has 174 valence electrons. The van der Waals surface area contributed by atoms with Crippen LogP contribution in [0.3, 0.4) is 0 Å². The summed E-state index contributed by atoms with van der Waals surface area (Å²) in [7, 11) is 0. The number of carbonyl (C=O) groups is 1. The SMILES string of the molecule is O=C(Cc1cc2cc(-c3cnn4c3CN(CCF)CC4)ccc2nn1)C1CCC(F)(F)CC1. The van der Waals surface area contributed by atoms with Crippen LogP contribution in [0.1, 0.15) is 37.1 Å². The zero-order valence-corrected chi connectivity index (χ0v) is 18.3. The quantitative estimate of drug-likeness (QED) is 0.555. The summed E-state index contributed by atoms with van der Waals surface area (Å²) in [6.07, 6.45) is 1.94. The number of carbonyl (C=O) groups excluding carboxylic acids is 1. The molecule has 6 nitrogen and oxygen atoms in total. The second-order valence-electron chi connectivity index (χ2n) is 9.08. The molecule has 0 unspecified atom stereocenters. The fraction of sp³-hybridized carbons (Fsp3) is 0.500. The zero-order valence-electron chi connectivity index (χ0n) is 18.3. The van der Waals surface area contributed by atoms with Crippen LogP contribution in [0.25, 0.3) is 22.0 Å². The normalized spacial score (nSPS) is 19.0. The van der Waals surface area contributed by atoms with Crippen molar-refractivity contribution >= 4 is 16.7 Å². The van der Waals surface area contributed by atoms with Crippen molar-refractivity contribution in [1.82, 2.24) is 24.9 Å². The molecule has 1 fully saturated rings. The Hall–Kier alpha value is -2.81. The fourth-order valence-electron chi connectivity index (χ4n) is 4.88. The topological polar surface area (TPSA) is 63.9 Å². The van der Waals surface area contributed by atoms with Crippen molar-refractivity contribution in [2.24, 2.45) is 5.92 Å². The van der Waals surface area contributed by atoms with E-state index in [1.807, 2.05) is 35.1 Å². The number of fused-ring (bicyclic) bond motifs is 2. The molecule has 9 heteroatoms. The number of rotatable bonds is 6. The number of aromatic nitrogens is 4. The molecule has 1 aromatic carbocycles. The Labute approximate surface area is 189 Å². The Balaban J connectivity index is 1.36. The average Bonchev–Trinajstić information content (AvgIpc) is 3.22. The molecule has 3 heterocycles. The third-order valence-corrected chi connectivity index (χ3v) is 6.83. The van der Waals surface area contributed by atoms with E-state index in [2.05, 4.69) is 20.2 Å². The van der Waals surface area contributed by atoms with E-state index in [0.29, 0.717) is 24.3 Å². The van der Waals surface area contributed by atoms with Crippen LogP contribution >= 0.6 is 0 Å². The van der Waals surface area contributed by atoms with E-state index in [1.54, 1.807) is 0 Å². The van der Waals surface area contributed by atoms with Gasteiger partial charge >= 0.3 is 0 Å². The maximum Gasteiger partial charge on any atom is 0.248 e. The van der Waals surface area contributed by atoms with Crippen LogP contribution in [0.4, 0.5) is 13.2 Å². The maximum absolute atomic E-state index is 13.4. The van der Waals surface area contributed by atoms with Gasteiger partial charge in [0.05, 0.1) is 36.1 Å². The van der Waals surface area contributed by atoms with Gasteiger partial charge in [-0.3, -0.25) is 14.4 Å². The minimum absolute atomic E-state index is 0.0473. The van der Waals surface area contributed by atoms with Crippen LogP contribution in [0, 0.1) is 5.92 Å². The smallest absolute Gasteiger partial charge is 0.248 e. The van der Waals surface area contributed by atoms with Crippen LogP contribution in [0.15, 0.2) is 30.5 Å². The molecule has 2 aromatic heterocycles. The molecule has 1 aliphatic carbocycles. The van der Waals surface area contributed by atoms with Crippen LogP contribution in [-0.2, 0) is 24.3 Å². The minimum atomic E-state index is -2.65. The molecule has 0 saturated heterocycles. The Bertz CT molecular complexity index is 1170. The van der Waals surface area contributed by atoms with Crippen molar-refractivity contribution in [3.8, 4) is 11.1 Å². The first-order chi connectivity index (χ1) is 15.9. The molecular weight excluding hydrogens is 431 g/mol. The molecule has 5 rings (SSSR count). The standard InChI is InChI=1S/C24H26F3N5O/c25-7-8-31-9-10-32-22(15-31)20(14-28-32)17-1-2-21-18(11-17)12-19(29-30-21)13-23(33)16-3-5-24(26,27)6-4-16/h1-2,11-12,14,16H,3-10,13,15H2. The first-order valence-electron chi connectivity index (χ1n) is 11.4. The highest BCUT2D eigenvalue weighted by Gasteiger charge is 2.37. The zero-order chi connectivity index (χ0) is 23.0. The van der Waals surface area contributed by atoms with Gasteiger partial charge in [0, 0.05) is 49.3 Å². The molecule has 3 aromatic rings. The second kappa shape index (κ2) is 8.85. The summed E-state index contributed by atoms with van der Waals surface area (Å²) in [6, 6.07) is 7.71. The highest BCUT2D eigenvalue weighted by molar-refractivity contribution is 5.87. The Kier molecular flexibility index (Phi) is 5.90. The van der Waals surface area contributed by atoms with E-state index in [4.69, 9.17) is 0 Å². The summed E-state index contributed by atoms with van der Waals surface area (Å²) < 4.78 is 41.6. The second-order valence-corrected chi connectivity index (χ2v) is 9.08. The maximum atomic E-state index is 13.4. The number of benzene rings is 1. The number of hydrogen-bond donors (Lipinski definition) is 0. The molecule has 1 saturated carbocycles. The molecule has 1 aliphatic heterocycles. The monoisotopic (exact) mass is 457 g/mol. The van der Waals surface area contributed by atoms with E-state index in [0.717, 1.165) is 35.3 Å². The van der Waals surface area contributed by atoms with Crippen molar-refractivity contribution in [3.05, 3.63) is 41.9 Å². The van der Waals surface area contributed by atoms with Gasteiger partial charge in [-0.2, -0.15) is 15.3 Å². The van der Waals surface area contributed by atoms with Gasteiger partial charge < -0.3 is 0 Å². The third kappa shape index (κ3) is 4.64. The van der Waals surface area contributed by atoms with Crippen LogP contribution in [0.5, 0.6) is 0 Å². The molecule has 0 atom stereocenters. The number of nitrogens with zero attached hydrogens (tertiary/aromatic N) is 5. The number of halogens is 3. The fourth-order valence-corrected chi connectivity index (χ4v) is 4.88. The number of ketones is 1. The summed E-state index contributed by atoms with van der Waals surface area (Å²) in [6.45, 7) is 2.19. The summed E-state index contributed by atoms with van der Waals surface area (Å²) >= 11 is 0. The van der Waals surface area contributed by atoms with Crippen LogP contribution in [0.2, 0.25) is 0 Å². The minimum Gasteiger partial charge on any atom is -0.299 e. The lowest BCUT2D eigenvalue weighted by atomic mass is 9.83. The van der Waals surface area contributed by atoms with E-state index in [1.165, 1.54) is 0 Å². The summed E-state index contributed by atoms with van der Waals surface area (Å²) in [5, 5.41) is 13.8. The van der Waals surface area contributed by atoms with Gasteiger partial charge in [0.2, 0.25) is 5.92 Å². The van der Waals surface area contributed by atoms with Crippen molar-refractivity contribution in [1.29, 1.82) is 0 Å². The number of hydrogen-bond acceptors (Lipinski definition) is 5. The van der Waals surface area contributed by atoms with Gasteiger partial charge in [0.15, 0.2) is 0 Å². The summed E-state index contributed by atoms with van der Waals surface area (Å²) in [5.41, 5.74) is 4.30. The van der Waals surface area contributed by atoms with E-state index in [-0.39, 0.29) is 50.5 Å². The number of alkyl halides is 3. The predicted octanol–water partition coefficient (Wildman–Crippen LogP) is 4.22. The lowest BCUT2D eigenvalue weighted by molar-refractivity contribution is -0.126. The van der Waals surface area contributed by atoms with Gasteiger partial charge in [0.25, 0.3) is 0 Å². The molecule has 0 amide bonds. The molecule has 0 N–H and O–H groups in total. The lowest BCUT2D eigenvalue weighted by Crippen LogP contribution is -2.35. The summed E-state index contributed by atoms with van der Waals surface area (Å²) in [4.78, 5) is 14.7. The van der Waals surface area contributed by atoms with Crippen molar-refractivity contribution < 1.29 is 18.0 Å². The lowest BCUT2D eigenvalue weighted by Gasteiger charge is -2.27. The highest BCUT2D eigenvalue weighted by Crippen LogP contribution is 2.37. The van der Waals surface area contributed by atoms with Gasteiger partial charge in [-0.25, -0.2) is 13.2 Å². The van der Waals surface area contributed by atoms with Crippen molar-refractivity contribution in [2.45, 2.75) is 51.1 Å². The molecule has 2 aliphatic rings. The van der Waals surface area contributed by atoms with Gasteiger partial charge in [-0.1, -0.05) is 6.07 Å². The van der Waals surface area contributed by atoms with E-state index < -0.39 is 5.92 Å². The average molecular weight is 458 g/mol. The third-order valence-electron chi connectivity index (χ3n) is 6.83. The first-order valence-corrected chi connectivity index (χ1v) is 11.4. The van der Waals surface area contributed by atoms with Gasteiger partial charge in [-0.05, 0) is 36.6 Å². The molecule has 0 spiro atoms. The molecule has 0 radical (unpaired) electrons. The van der Waals surface area contributed by atoms with Crippen LogP contribution in [-0.4, -0.2) is 56.3 Å². The highest BCUT2D eigenvalue weighted by atomic mass is 19.3. The van der Waals surface area contributed by atoms with Crippen molar-refractivity contribution in [3.63, 3.8) is 0 Å². The van der Waals surface area contributed by atoms with Crippen LogP contribution < -0.4 is 0 Å².